The molecule has 4 N–H and O–H groups in total. The van der Waals surface area contributed by atoms with Gasteiger partial charge in [0, 0.05) is 12.3 Å². The van der Waals surface area contributed by atoms with Crippen molar-refractivity contribution in [2.45, 2.75) is 31.8 Å². The second-order valence-electron chi connectivity index (χ2n) is 5.43. The molecule has 1 rings (SSSR count). The van der Waals surface area contributed by atoms with Gasteiger partial charge < -0.3 is 25.8 Å². The lowest BCUT2D eigenvalue weighted by Gasteiger charge is -2.27. The first-order valence-corrected chi connectivity index (χ1v) is 7.27. The van der Waals surface area contributed by atoms with E-state index in [1.165, 1.54) is 6.92 Å². The Labute approximate surface area is 138 Å². The normalized spacial score (nSPS) is 19.2. The van der Waals surface area contributed by atoms with Crippen LogP contribution in [0.3, 0.4) is 0 Å². The van der Waals surface area contributed by atoms with E-state index in [-0.39, 0.29) is 18.7 Å². The predicted octanol–water partition coefficient (Wildman–Crippen LogP) is -2.17. The molecule has 0 aromatic carbocycles. The Morgan fingerprint density at radius 1 is 1.21 bits per heavy atom. The highest BCUT2D eigenvalue weighted by molar-refractivity contribution is 5.97. The summed E-state index contributed by atoms with van der Waals surface area (Å²) in [4.78, 5) is 58.7. The highest BCUT2D eigenvalue weighted by Crippen LogP contribution is 2.20. The van der Waals surface area contributed by atoms with Crippen LogP contribution in [-0.4, -0.2) is 56.0 Å². The number of primary amides is 1. The van der Waals surface area contributed by atoms with E-state index in [2.05, 4.69) is 20.1 Å². The Hall–Kier alpha value is -2.65. The van der Waals surface area contributed by atoms with Crippen LogP contribution in [0.25, 0.3) is 0 Å². The summed E-state index contributed by atoms with van der Waals surface area (Å²) in [5.74, 6) is -6.10. The molecule has 134 valence electrons. The van der Waals surface area contributed by atoms with Crippen LogP contribution in [0.4, 0.5) is 0 Å². The van der Waals surface area contributed by atoms with Crippen molar-refractivity contribution in [3.05, 3.63) is 0 Å². The topological polar surface area (TPSA) is 154 Å². The molecule has 10 heteroatoms. The van der Waals surface area contributed by atoms with Crippen LogP contribution in [0, 0.1) is 11.8 Å². The molecule has 24 heavy (non-hydrogen) atoms. The van der Waals surface area contributed by atoms with Gasteiger partial charge in [-0.25, -0.2) is 0 Å². The van der Waals surface area contributed by atoms with Gasteiger partial charge in [0.2, 0.25) is 17.7 Å². The molecule has 0 bridgehead atoms. The summed E-state index contributed by atoms with van der Waals surface area (Å²) in [6.07, 6.45) is 0.476. The van der Waals surface area contributed by atoms with Gasteiger partial charge in [0.05, 0.1) is 14.2 Å². The van der Waals surface area contributed by atoms with E-state index in [1.54, 1.807) is 0 Å². The maximum atomic E-state index is 12.1. The zero-order valence-corrected chi connectivity index (χ0v) is 13.7. The molecule has 1 fully saturated rings. The number of nitrogens with two attached hydrogens (primary N) is 1. The number of hydrogen-bond acceptors (Lipinski definition) is 7. The lowest BCUT2D eigenvalue weighted by molar-refractivity contribution is -0.162. The van der Waals surface area contributed by atoms with Gasteiger partial charge in [-0.3, -0.25) is 24.0 Å². The largest absolute Gasteiger partial charge is 0.468 e. The van der Waals surface area contributed by atoms with Crippen LogP contribution < -0.4 is 16.4 Å². The smallest absolute Gasteiger partial charge is 0.320 e. The van der Waals surface area contributed by atoms with Gasteiger partial charge in [-0.05, 0) is 6.42 Å². The Morgan fingerprint density at radius 3 is 2.12 bits per heavy atom. The van der Waals surface area contributed by atoms with Gasteiger partial charge >= 0.3 is 11.9 Å². The van der Waals surface area contributed by atoms with E-state index in [0.717, 1.165) is 14.2 Å². The SMILES string of the molecule is COC(=O)C(C(=O)OC)[C@@H](C)[C@@H](NC(=O)[C@H]1CCC(=O)N1)C(N)=O. The lowest BCUT2D eigenvalue weighted by Crippen LogP contribution is -2.56. The lowest BCUT2D eigenvalue weighted by atomic mass is 9.86. The molecular formula is C14H21N3O7. The van der Waals surface area contributed by atoms with E-state index >= 15 is 0 Å². The summed E-state index contributed by atoms with van der Waals surface area (Å²) in [6.45, 7) is 1.39. The summed E-state index contributed by atoms with van der Waals surface area (Å²) in [5, 5.41) is 4.82. The van der Waals surface area contributed by atoms with E-state index in [1.807, 2.05) is 0 Å². The van der Waals surface area contributed by atoms with Crippen molar-refractivity contribution in [3.8, 4) is 0 Å². The number of rotatable bonds is 7. The molecule has 3 amide bonds. The fraction of sp³-hybridized carbons (Fsp3) is 0.643. The maximum absolute atomic E-state index is 12.1. The Balaban J connectivity index is 2.94. The third-order valence-electron chi connectivity index (χ3n) is 3.88. The average molecular weight is 343 g/mol. The Morgan fingerprint density at radius 2 is 1.75 bits per heavy atom. The first-order valence-electron chi connectivity index (χ1n) is 7.27. The number of ether oxygens (including phenoxy) is 2. The molecule has 0 unspecified atom stereocenters. The molecule has 10 nitrogen and oxygen atoms in total. The van der Waals surface area contributed by atoms with E-state index in [0.29, 0.717) is 0 Å². The minimum Gasteiger partial charge on any atom is -0.468 e. The van der Waals surface area contributed by atoms with Crippen LogP contribution in [0.15, 0.2) is 0 Å². The van der Waals surface area contributed by atoms with Gasteiger partial charge in [-0.2, -0.15) is 0 Å². The van der Waals surface area contributed by atoms with Gasteiger partial charge in [-0.15, -0.1) is 0 Å². The van der Waals surface area contributed by atoms with Crippen molar-refractivity contribution in [1.82, 2.24) is 10.6 Å². The third-order valence-corrected chi connectivity index (χ3v) is 3.88. The number of carbonyl (C=O) groups is 5. The Kier molecular flexibility index (Phi) is 6.69. The number of methoxy groups -OCH3 is 2. The number of nitrogens with one attached hydrogen (secondary N) is 2. The van der Waals surface area contributed by atoms with Gasteiger partial charge in [0.25, 0.3) is 0 Å². The van der Waals surface area contributed by atoms with Crippen molar-refractivity contribution >= 4 is 29.7 Å². The van der Waals surface area contributed by atoms with Gasteiger partial charge in [0.15, 0.2) is 5.92 Å². The number of amides is 3. The van der Waals surface area contributed by atoms with Crippen LogP contribution in [-0.2, 0) is 33.4 Å². The van der Waals surface area contributed by atoms with Crippen molar-refractivity contribution < 1.29 is 33.4 Å². The molecule has 0 saturated carbocycles. The summed E-state index contributed by atoms with van der Waals surface area (Å²) in [7, 11) is 2.16. The maximum Gasteiger partial charge on any atom is 0.320 e. The molecule has 1 aliphatic rings. The van der Waals surface area contributed by atoms with Crippen LogP contribution in [0.1, 0.15) is 19.8 Å². The molecule has 3 atom stereocenters. The molecule has 0 spiro atoms. The molecule has 1 aliphatic heterocycles. The van der Waals surface area contributed by atoms with Gasteiger partial charge in [0.1, 0.15) is 12.1 Å². The van der Waals surface area contributed by atoms with E-state index < -0.39 is 47.7 Å². The Bertz CT molecular complexity index is 532. The number of carbonyl (C=O) groups excluding carboxylic acids is 5. The molecule has 0 aromatic rings. The first kappa shape index (κ1) is 19.4. The third kappa shape index (κ3) is 4.43. The van der Waals surface area contributed by atoms with E-state index in [4.69, 9.17) is 5.73 Å². The van der Waals surface area contributed by atoms with Crippen molar-refractivity contribution in [2.24, 2.45) is 17.6 Å². The fourth-order valence-corrected chi connectivity index (χ4v) is 2.50. The van der Waals surface area contributed by atoms with Crippen molar-refractivity contribution in [2.75, 3.05) is 14.2 Å². The minimum absolute atomic E-state index is 0.196. The zero-order chi connectivity index (χ0) is 18.4. The number of esters is 2. The molecule has 0 radical (unpaired) electrons. The van der Waals surface area contributed by atoms with Crippen molar-refractivity contribution in [3.63, 3.8) is 0 Å². The standard InChI is InChI=1S/C14H21N3O7/c1-6(9(13(21)23-2)14(22)24-3)10(11(15)19)17-12(20)7-4-5-8(18)16-7/h6-7,9-10H,4-5H2,1-3H3,(H2,15,19)(H,16,18)(H,17,20)/t6-,7-,10-/m1/s1. The van der Waals surface area contributed by atoms with Gasteiger partial charge in [-0.1, -0.05) is 6.92 Å². The quantitative estimate of drug-likeness (QED) is 0.351. The molecule has 1 heterocycles. The summed E-state index contributed by atoms with van der Waals surface area (Å²) >= 11 is 0. The first-order chi connectivity index (χ1) is 11.2. The summed E-state index contributed by atoms with van der Waals surface area (Å²) in [6, 6.07) is -2.11. The van der Waals surface area contributed by atoms with Crippen molar-refractivity contribution in [1.29, 1.82) is 0 Å². The molecular weight excluding hydrogens is 322 g/mol. The predicted molar refractivity (Wildman–Crippen MR) is 79.0 cm³/mol. The molecule has 0 aromatic heterocycles. The average Bonchev–Trinajstić information content (AvgIpc) is 2.98. The highest BCUT2D eigenvalue weighted by atomic mass is 16.5. The van der Waals surface area contributed by atoms with Crippen LogP contribution >= 0.6 is 0 Å². The summed E-state index contributed by atoms with van der Waals surface area (Å²) in [5.41, 5.74) is 5.29. The molecule has 0 aliphatic carbocycles. The second-order valence-corrected chi connectivity index (χ2v) is 5.43. The fourth-order valence-electron chi connectivity index (χ4n) is 2.50. The molecule has 1 saturated heterocycles. The zero-order valence-electron chi connectivity index (χ0n) is 13.7. The monoisotopic (exact) mass is 343 g/mol. The van der Waals surface area contributed by atoms with Crippen LogP contribution in [0.5, 0.6) is 0 Å². The number of hydrogen-bond donors (Lipinski definition) is 3. The second kappa shape index (κ2) is 8.27. The summed E-state index contributed by atoms with van der Waals surface area (Å²) < 4.78 is 9.09. The van der Waals surface area contributed by atoms with Crippen LogP contribution in [0.2, 0.25) is 0 Å². The van der Waals surface area contributed by atoms with E-state index in [9.17, 15) is 24.0 Å². The highest BCUT2D eigenvalue weighted by Gasteiger charge is 2.42. The minimum atomic E-state index is -1.43.